The molecule has 2 N–H and O–H groups in total. The van der Waals surface area contributed by atoms with E-state index in [2.05, 4.69) is 33.5 Å². The van der Waals surface area contributed by atoms with Gasteiger partial charge < -0.3 is 11.1 Å². The summed E-state index contributed by atoms with van der Waals surface area (Å²) in [6, 6.07) is 0.222. The molecule has 0 aromatic carbocycles. The molecular weight excluding hydrogens is 323 g/mol. The molecule has 1 rings (SSSR count). The number of hydrogen-bond acceptors (Lipinski definition) is 1. The van der Waals surface area contributed by atoms with E-state index in [0.717, 1.165) is 0 Å². The summed E-state index contributed by atoms with van der Waals surface area (Å²) in [5.74, 6) is 0. The van der Waals surface area contributed by atoms with Crippen molar-refractivity contribution in [3.05, 3.63) is 29.7 Å². The van der Waals surface area contributed by atoms with Crippen LogP contribution in [-0.4, -0.2) is 12.6 Å². The second-order valence-corrected chi connectivity index (χ2v) is 6.47. The first-order valence-corrected chi connectivity index (χ1v) is 7.55. The average Bonchev–Trinajstić information content (AvgIpc) is 2.08. The van der Waals surface area contributed by atoms with Crippen molar-refractivity contribution in [2.24, 2.45) is 5.73 Å². The number of halogens is 2. The third-order valence-corrected chi connectivity index (χ3v) is 1.05. The van der Waals surface area contributed by atoms with Gasteiger partial charge >= 0.3 is 39.6 Å². The van der Waals surface area contributed by atoms with Crippen LogP contribution in [0.2, 0.25) is 0 Å². The van der Waals surface area contributed by atoms with Crippen LogP contribution < -0.4 is 5.73 Å². The predicted molar refractivity (Wildman–Crippen MR) is 52.3 cm³/mol. The second kappa shape index (κ2) is 8.81. The van der Waals surface area contributed by atoms with Crippen molar-refractivity contribution in [2.75, 3.05) is 6.54 Å². The van der Waals surface area contributed by atoms with E-state index < -0.39 is 0 Å². The van der Waals surface area contributed by atoms with Crippen LogP contribution in [0, 0.1) is 0 Å². The van der Waals surface area contributed by atoms with Gasteiger partial charge in [0, 0.05) is 0 Å². The van der Waals surface area contributed by atoms with E-state index in [0.29, 0.717) is 6.54 Å². The van der Waals surface area contributed by atoms with E-state index in [4.69, 9.17) is 5.73 Å². The van der Waals surface area contributed by atoms with E-state index in [9.17, 15) is 0 Å². The Kier molecular flexibility index (Phi) is 9.39. The molecule has 0 radical (unpaired) electrons. The topological polar surface area (TPSA) is 40.1 Å². The van der Waals surface area contributed by atoms with E-state index in [1.54, 1.807) is 6.20 Å². The number of nitrogens with zero attached hydrogens (tertiary/aromatic N) is 1. The summed E-state index contributed by atoms with van der Waals surface area (Å²) >= 11 is 7.38. The molecule has 0 amide bonds. The van der Waals surface area contributed by atoms with Gasteiger partial charge in [0.25, 0.3) is 0 Å². The maximum absolute atomic E-state index is 5.32. The molecule has 0 fully saturated rings. The monoisotopic (exact) mass is 330 g/mol. The van der Waals surface area contributed by atoms with Gasteiger partial charge in [0.1, 0.15) is 0 Å². The third-order valence-electron chi connectivity index (χ3n) is 1.05. The molecule has 1 aliphatic heterocycles. The van der Waals surface area contributed by atoms with Gasteiger partial charge in [-0.1, -0.05) is 24.3 Å². The van der Waals surface area contributed by atoms with Crippen molar-refractivity contribution in [2.45, 2.75) is 6.04 Å². The Balaban J connectivity index is 0.000000292. The summed E-state index contributed by atoms with van der Waals surface area (Å²) in [6.45, 7) is 0.612. The fourth-order valence-electron chi connectivity index (χ4n) is 0.591. The van der Waals surface area contributed by atoms with E-state index in [1.165, 1.54) is 11.3 Å². The number of allylic oxidation sites excluding steroid dienone is 2. The van der Waals surface area contributed by atoms with Crippen LogP contribution in [0.15, 0.2) is 24.4 Å². The van der Waals surface area contributed by atoms with Crippen LogP contribution in [0.1, 0.15) is 0 Å². The molecule has 11 heavy (non-hydrogen) atoms. The van der Waals surface area contributed by atoms with Crippen LogP contribution in [0.25, 0.3) is 5.32 Å². The summed E-state index contributed by atoms with van der Waals surface area (Å²) in [6.07, 6.45) is 7.62. The van der Waals surface area contributed by atoms with Crippen molar-refractivity contribution >= 4 is 28.2 Å². The van der Waals surface area contributed by atoms with Gasteiger partial charge in [0.2, 0.25) is 0 Å². The Bertz CT molecular complexity index is 139. The molecule has 0 spiro atoms. The van der Waals surface area contributed by atoms with Crippen LogP contribution in [0.3, 0.4) is 0 Å². The molecule has 1 unspecified atom stereocenters. The summed E-state index contributed by atoms with van der Waals surface area (Å²) in [5.41, 5.74) is 5.32. The molecule has 0 aromatic heterocycles. The van der Waals surface area contributed by atoms with E-state index >= 15 is 0 Å². The fourth-order valence-corrected chi connectivity index (χ4v) is 0.591. The molecule has 0 aliphatic carbocycles. The first-order valence-electron chi connectivity index (χ1n) is 2.89. The van der Waals surface area contributed by atoms with Gasteiger partial charge in [-0.15, -0.1) is 0 Å². The molecule has 1 atom stereocenters. The number of rotatable bonds is 1. The molecule has 69 valence electrons. The second-order valence-electron chi connectivity index (χ2n) is 1.72. The van der Waals surface area contributed by atoms with Gasteiger partial charge in [-0.25, -0.2) is 0 Å². The molecule has 0 saturated heterocycles. The van der Waals surface area contributed by atoms with Crippen molar-refractivity contribution in [1.29, 1.82) is 0 Å². The molecule has 2 nitrogen and oxygen atoms in total. The number of nitrogens with two attached hydrogens (primary N) is 1. The van der Waals surface area contributed by atoms with Gasteiger partial charge in [-0.2, -0.15) is 6.20 Å². The van der Waals surface area contributed by atoms with Crippen molar-refractivity contribution in [1.82, 2.24) is 0 Å². The van der Waals surface area contributed by atoms with E-state index in [-0.39, 0.29) is 6.04 Å². The normalized spacial score (nSPS) is 20.5. The molecular formula is C6H9Br2CuN2-. The molecule has 0 bridgehead atoms. The zero-order valence-electron chi connectivity index (χ0n) is 5.68. The molecule has 0 aromatic rings. The quantitative estimate of drug-likeness (QED) is 0.736. The molecule has 1 aliphatic rings. The zero-order chi connectivity index (χ0) is 8.53. The van der Waals surface area contributed by atoms with Gasteiger partial charge in [-0.3, -0.25) is 0 Å². The zero-order valence-corrected chi connectivity index (χ0v) is 9.79. The van der Waals surface area contributed by atoms with Crippen LogP contribution in [0.4, 0.5) is 0 Å². The first kappa shape index (κ1) is 11.7. The van der Waals surface area contributed by atoms with Gasteiger partial charge in [-0.05, 0) is 6.54 Å². The fraction of sp³-hybridized carbons (Fsp3) is 0.333. The van der Waals surface area contributed by atoms with E-state index in [1.807, 2.05) is 18.2 Å². The van der Waals surface area contributed by atoms with Crippen molar-refractivity contribution in [3.63, 3.8) is 0 Å². The van der Waals surface area contributed by atoms with Crippen molar-refractivity contribution < 1.29 is 11.3 Å². The minimum absolute atomic E-state index is 0.222. The first-order chi connectivity index (χ1) is 5.35. The third kappa shape index (κ3) is 7.09. The van der Waals surface area contributed by atoms with Crippen molar-refractivity contribution in [3.8, 4) is 0 Å². The summed E-state index contributed by atoms with van der Waals surface area (Å²) in [4.78, 5) is 0. The Hall–Kier alpha value is 0.719. The maximum atomic E-state index is 5.32. The number of hydrogen-bond donors (Lipinski definition) is 1. The van der Waals surface area contributed by atoms with Crippen LogP contribution in [0.5, 0.6) is 0 Å². The summed E-state index contributed by atoms with van der Waals surface area (Å²) in [7, 11) is 0. The van der Waals surface area contributed by atoms with Gasteiger partial charge in [0.05, 0.1) is 0 Å². The average molecular weight is 333 g/mol. The molecule has 0 saturated carbocycles. The predicted octanol–water partition coefficient (Wildman–Crippen LogP) is 2.46. The Morgan fingerprint density at radius 2 is 2.09 bits per heavy atom. The van der Waals surface area contributed by atoms with Crippen LogP contribution in [-0.2, 0) is 11.3 Å². The van der Waals surface area contributed by atoms with Crippen LogP contribution >= 0.6 is 28.2 Å². The molecule has 1 heterocycles. The minimum atomic E-state index is 0.222. The summed E-state index contributed by atoms with van der Waals surface area (Å²) in [5, 5.41) is 4.06. The van der Waals surface area contributed by atoms with Gasteiger partial charge in [0.15, 0.2) is 0 Å². The standard InChI is InChI=1S/C6H9N2.2BrH.Cu/c7-5-6-3-1-2-4-8-6;;;/h1-4,6H,5,7H2;2*1H;/q-1;;;+2/p-2. The summed E-state index contributed by atoms with van der Waals surface area (Å²) < 4.78 is 0. The Labute approximate surface area is 87.2 Å². The Morgan fingerprint density at radius 1 is 1.45 bits per heavy atom. The molecule has 5 heteroatoms. The Morgan fingerprint density at radius 3 is 2.36 bits per heavy atom. The SMILES string of the molecule is NCC1C=CC=C[N-]1.[Br][Cu][Br].